The molecule has 0 spiro atoms. The quantitative estimate of drug-likeness (QED) is 0.0846. The van der Waals surface area contributed by atoms with Crippen LogP contribution in [0.25, 0.3) is 0 Å². The van der Waals surface area contributed by atoms with Gasteiger partial charge in [0.2, 0.25) is 0 Å². The van der Waals surface area contributed by atoms with Crippen LogP contribution in [0.1, 0.15) is 136 Å². The Balaban J connectivity index is 0. The molecule has 0 fully saturated rings. The van der Waals surface area contributed by atoms with Gasteiger partial charge in [-0.1, -0.05) is 152 Å². The van der Waals surface area contributed by atoms with Crippen molar-refractivity contribution >= 4 is 38.1 Å². The highest BCUT2D eigenvalue weighted by atomic mass is 127. The predicted octanol–water partition coefficient (Wildman–Crippen LogP) is 10.2. The molecule has 0 bridgehead atoms. The molecular formula is C24H52AlI. The van der Waals surface area contributed by atoms with Crippen LogP contribution >= 0.6 is 24.0 Å². The van der Waals surface area contributed by atoms with Crippen molar-refractivity contribution in [3.05, 3.63) is 0 Å². The van der Waals surface area contributed by atoms with Crippen molar-refractivity contribution in [2.75, 3.05) is 0 Å². The maximum Gasteiger partial charge on any atom is 0.261 e. The van der Waals surface area contributed by atoms with Gasteiger partial charge in [0.15, 0.2) is 0 Å². The Hall–Kier alpha value is 1.26. The van der Waals surface area contributed by atoms with Gasteiger partial charge in [-0.2, -0.15) is 0 Å². The molecule has 0 saturated carbocycles. The van der Waals surface area contributed by atoms with Crippen LogP contribution in [0.4, 0.5) is 0 Å². The molecule has 0 atom stereocenters. The summed E-state index contributed by atoms with van der Waals surface area (Å²) in [4.78, 5) is 0. The molecular weight excluding hydrogens is 442 g/mol. The summed E-state index contributed by atoms with van der Waals surface area (Å²) in [5.74, 6) is 0. The average Bonchev–Trinajstić information content (AvgIpc) is 2.63. The van der Waals surface area contributed by atoms with E-state index in [9.17, 15) is 0 Å². The summed E-state index contributed by atoms with van der Waals surface area (Å²) >= 11 is -0.410. The van der Waals surface area contributed by atoms with Gasteiger partial charge < -0.3 is 0 Å². The minimum atomic E-state index is -0.410. The molecule has 158 valence electrons. The van der Waals surface area contributed by atoms with Gasteiger partial charge in [0.25, 0.3) is 14.1 Å². The zero-order valence-electron chi connectivity index (χ0n) is 18.8. The molecule has 0 N–H and O–H groups in total. The van der Waals surface area contributed by atoms with E-state index in [1.165, 1.54) is 96.3 Å². The Labute approximate surface area is 189 Å². The van der Waals surface area contributed by atoms with Gasteiger partial charge in [-0.15, -0.1) is 24.0 Å². The van der Waals surface area contributed by atoms with Gasteiger partial charge in [-0.25, -0.2) is 0 Å². The largest absolute Gasteiger partial charge is 0.261 e. The van der Waals surface area contributed by atoms with Gasteiger partial charge >= 0.3 is 0 Å². The Morgan fingerprint density at radius 1 is 0.346 bits per heavy atom. The SMILES string of the molecule is CCCCCCC[CH2][Al]([CH2]CCCCCCC)[CH2]CCCCCCC.I. The zero-order chi connectivity index (χ0) is 18.4. The first-order valence-corrected chi connectivity index (χ1v) is 14.8. The van der Waals surface area contributed by atoms with Gasteiger partial charge in [-0.3, -0.25) is 0 Å². The lowest BCUT2D eigenvalue weighted by Crippen LogP contribution is -2.12. The fourth-order valence-electron chi connectivity index (χ4n) is 4.07. The number of halogens is 1. The molecule has 26 heavy (non-hydrogen) atoms. The molecule has 0 saturated heterocycles. The van der Waals surface area contributed by atoms with Crippen LogP contribution in [0.2, 0.25) is 15.8 Å². The molecule has 0 nitrogen and oxygen atoms in total. The lowest BCUT2D eigenvalue weighted by atomic mass is 10.1. The minimum absolute atomic E-state index is 0. The van der Waals surface area contributed by atoms with Crippen molar-refractivity contribution < 1.29 is 0 Å². The predicted molar refractivity (Wildman–Crippen MR) is 136 cm³/mol. The minimum Gasteiger partial charge on any atom is -0.107 e. The van der Waals surface area contributed by atoms with Crippen LogP contribution < -0.4 is 0 Å². The Kier molecular flexibility index (Phi) is 29.8. The van der Waals surface area contributed by atoms with Gasteiger partial charge in [-0.05, 0) is 0 Å². The third-order valence-corrected chi connectivity index (χ3v) is 9.57. The van der Waals surface area contributed by atoms with Crippen molar-refractivity contribution in [3.8, 4) is 0 Å². The van der Waals surface area contributed by atoms with Crippen molar-refractivity contribution in [1.29, 1.82) is 0 Å². The van der Waals surface area contributed by atoms with Crippen LogP contribution in [0.5, 0.6) is 0 Å². The first kappa shape index (κ1) is 29.5. The van der Waals surface area contributed by atoms with Crippen LogP contribution in [0.3, 0.4) is 0 Å². The monoisotopic (exact) mass is 494 g/mol. The topological polar surface area (TPSA) is 0 Å². The number of unbranched alkanes of at least 4 members (excludes halogenated alkanes) is 15. The summed E-state index contributed by atoms with van der Waals surface area (Å²) in [6, 6.07) is 0. The van der Waals surface area contributed by atoms with E-state index in [0.717, 1.165) is 0 Å². The molecule has 0 heterocycles. The molecule has 0 amide bonds. The van der Waals surface area contributed by atoms with Crippen LogP contribution in [-0.2, 0) is 0 Å². The van der Waals surface area contributed by atoms with Crippen molar-refractivity contribution in [2.24, 2.45) is 0 Å². The van der Waals surface area contributed by atoms with E-state index in [2.05, 4.69) is 20.8 Å². The van der Waals surface area contributed by atoms with Gasteiger partial charge in [0.05, 0.1) is 0 Å². The molecule has 0 aliphatic rings. The zero-order valence-corrected chi connectivity index (χ0v) is 22.3. The van der Waals surface area contributed by atoms with Gasteiger partial charge in [0.1, 0.15) is 0 Å². The van der Waals surface area contributed by atoms with E-state index < -0.39 is 14.1 Å². The molecule has 0 rings (SSSR count). The summed E-state index contributed by atoms with van der Waals surface area (Å²) in [5, 5.41) is 4.99. The van der Waals surface area contributed by atoms with Crippen molar-refractivity contribution in [1.82, 2.24) is 0 Å². The second kappa shape index (κ2) is 26.3. The molecule has 0 aromatic carbocycles. The molecule has 0 unspecified atom stereocenters. The highest BCUT2D eigenvalue weighted by Gasteiger charge is 2.15. The lowest BCUT2D eigenvalue weighted by Gasteiger charge is -2.12. The lowest BCUT2D eigenvalue weighted by molar-refractivity contribution is 0.610. The molecule has 0 aliphatic heterocycles. The molecule has 0 aromatic rings. The molecule has 0 radical (unpaired) electrons. The standard InChI is InChI=1S/3C8H17.Al.HI/c3*1-3-5-7-8-6-4-2;;/h3*1,3-8H2,2H3;;1H. The Morgan fingerprint density at radius 3 is 0.846 bits per heavy atom. The summed E-state index contributed by atoms with van der Waals surface area (Å²) in [6.07, 6.45) is 26.7. The Bertz CT molecular complexity index is 194. The Morgan fingerprint density at radius 2 is 0.577 bits per heavy atom. The summed E-state index contributed by atoms with van der Waals surface area (Å²) < 4.78 is 0. The van der Waals surface area contributed by atoms with E-state index in [0.29, 0.717) is 0 Å². The fourth-order valence-corrected chi connectivity index (χ4v) is 7.54. The second-order valence-electron chi connectivity index (χ2n) is 8.54. The van der Waals surface area contributed by atoms with Gasteiger partial charge in [0, 0.05) is 0 Å². The number of rotatable bonds is 21. The van der Waals surface area contributed by atoms with E-state index in [1.807, 2.05) is 0 Å². The highest BCUT2D eigenvalue weighted by molar-refractivity contribution is 14.0. The van der Waals surface area contributed by atoms with Crippen molar-refractivity contribution in [3.63, 3.8) is 0 Å². The highest BCUT2D eigenvalue weighted by Crippen LogP contribution is 2.20. The van der Waals surface area contributed by atoms with Crippen molar-refractivity contribution in [2.45, 2.75) is 152 Å². The first-order chi connectivity index (χ1) is 12.3. The molecule has 2 heteroatoms. The molecule has 0 aliphatic carbocycles. The van der Waals surface area contributed by atoms with Crippen LogP contribution in [0.15, 0.2) is 0 Å². The van der Waals surface area contributed by atoms with E-state index in [1.54, 1.807) is 35.1 Å². The second-order valence-corrected chi connectivity index (χ2v) is 12.0. The third kappa shape index (κ3) is 23.3. The third-order valence-electron chi connectivity index (χ3n) is 5.90. The van der Waals surface area contributed by atoms with Crippen LogP contribution in [-0.4, -0.2) is 14.1 Å². The maximum absolute atomic E-state index is 2.32. The normalized spacial score (nSPS) is 10.7. The van der Waals surface area contributed by atoms with E-state index in [4.69, 9.17) is 0 Å². The molecule has 0 aromatic heterocycles. The number of hydrogen-bond acceptors (Lipinski definition) is 0. The maximum atomic E-state index is 2.32. The summed E-state index contributed by atoms with van der Waals surface area (Å²) in [6.45, 7) is 6.97. The summed E-state index contributed by atoms with van der Waals surface area (Å²) in [7, 11) is 0. The summed E-state index contributed by atoms with van der Waals surface area (Å²) in [5.41, 5.74) is 0. The first-order valence-electron chi connectivity index (χ1n) is 12.3. The smallest absolute Gasteiger partial charge is 0.107 e. The van der Waals surface area contributed by atoms with E-state index >= 15 is 0 Å². The fraction of sp³-hybridized carbons (Fsp3) is 1.00. The number of hydrogen-bond donors (Lipinski definition) is 0. The van der Waals surface area contributed by atoms with Crippen LogP contribution in [0, 0.1) is 0 Å². The van der Waals surface area contributed by atoms with E-state index in [-0.39, 0.29) is 24.0 Å². The average molecular weight is 495 g/mol.